The maximum atomic E-state index is 15.0. The molecule has 1 heterocycles. The summed E-state index contributed by atoms with van der Waals surface area (Å²) >= 11 is 0. The van der Waals surface area contributed by atoms with Crippen LogP contribution in [0.2, 0.25) is 0 Å². The molecule has 34 heavy (non-hydrogen) atoms. The molecule has 0 saturated heterocycles. The van der Waals surface area contributed by atoms with Crippen LogP contribution in [0.1, 0.15) is 24.8 Å². The Morgan fingerprint density at radius 1 is 1.41 bits per heavy atom. The Kier molecular flexibility index (Phi) is 8.78. The second kappa shape index (κ2) is 11.8. The quantitative estimate of drug-likeness (QED) is 0.483. The highest BCUT2D eigenvalue weighted by Gasteiger charge is 2.39. The predicted molar refractivity (Wildman–Crippen MR) is 124 cm³/mol. The van der Waals surface area contributed by atoms with Gasteiger partial charge in [-0.1, -0.05) is 0 Å². The van der Waals surface area contributed by atoms with Gasteiger partial charge in [-0.3, -0.25) is 4.79 Å². The Labute approximate surface area is 196 Å². The molecule has 1 aliphatic carbocycles. The maximum absolute atomic E-state index is 15.0. The first-order valence-electron chi connectivity index (χ1n) is 11.0. The number of ether oxygens (including phenoxy) is 1. The van der Waals surface area contributed by atoms with Crippen LogP contribution in [0.5, 0.6) is 0 Å². The van der Waals surface area contributed by atoms with Gasteiger partial charge in [0.05, 0.1) is 36.8 Å². The summed E-state index contributed by atoms with van der Waals surface area (Å²) < 4.78 is 35.2. The Hall–Kier alpha value is -3.24. The van der Waals surface area contributed by atoms with Crippen LogP contribution in [0.25, 0.3) is 0 Å². The lowest BCUT2D eigenvalue weighted by molar-refractivity contribution is -0.125. The summed E-state index contributed by atoms with van der Waals surface area (Å²) in [6.45, 7) is -0.213. The van der Waals surface area contributed by atoms with Gasteiger partial charge in [0.25, 0.3) is 0 Å². The monoisotopic (exact) mass is 473 g/mol. The maximum Gasteiger partial charge on any atom is 0.249 e. The molecule has 2 unspecified atom stereocenters. The number of nitrogens with zero attached hydrogens (tertiary/aromatic N) is 3. The molecular formula is C24H29F2N5O3. The van der Waals surface area contributed by atoms with Crippen molar-refractivity contribution in [2.75, 3.05) is 13.7 Å². The highest BCUT2D eigenvalue weighted by atomic mass is 19.1. The molecule has 8 nitrogen and oxygen atoms in total. The first-order chi connectivity index (χ1) is 16.3. The molecule has 4 atom stereocenters. The number of carbonyl (C=O) groups excluding carboxylic acids is 1. The number of carbonyl (C=O) groups is 1. The van der Waals surface area contributed by atoms with E-state index in [4.69, 9.17) is 15.9 Å². The van der Waals surface area contributed by atoms with Crippen LogP contribution in [0.3, 0.4) is 0 Å². The van der Waals surface area contributed by atoms with Crippen molar-refractivity contribution in [2.45, 2.75) is 38.1 Å². The SMILES string of the molecule is CO[C@H](CO)C(Cn1ccnc1)=NC(=O)C1CCCC(F)[C@@H]1C(N)=CC(=N)c1ccc(F)cc1. The Bertz CT molecular complexity index is 1030. The van der Waals surface area contributed by atoms with Crippen molar-refractivity contribution in [3.8, 4) is 0 Å². The van der Waals surface area contributed by atoms with Crippen molar-refractivity contribution < 1.29 is 23.4 Å². The summed E-state index contributed by atoms with van der Waals surface area (Å²) in [5, 5.41) is 17.9. The first kappa shape index (κ1) is 25.4. The van der Waals surface area contributed by atoms with Crippen LogP contribution in [0.4, 0.5) is 8.78 Å². The second-order valence-corrected chi connectivity index (χ2v) is 8.23. The number of hydrogen-bond acceptors (Lipinski definition) is 6. The number of methoxy groups -OCH3 is 1. The first-order valence-corrected chi connectivity index (χ1v) is 11.0. The zero-order valence-corrected chi connectivity index (χ0v) is 18.9. The van der Waals surface area contributed by atoms with Gasteiger partial charge >= 0.3 is 0 Å². The van der Waals surface area contributed by atoms with Crippen molar-refractivity contribution in [2.24, 2.45) is 22.6 Å². The minimum absolute atomic E-state index is 0.00880. The lowest BCUT2D eigenvalue weighted by Crippen LogP contribution is -2.39. The number of nitrogens with two attached hydrogens (primary N) is 1. The fraction of sp³-hybridized carbons (Fsp3) is 0.417. The number of nitrogens with one attached hydrogen (secondary N) is 1. The number of aliphatic hydroxyl groups excluding tert-OH is 1. The van der Waals surface area contributed by atoms with Crippen LogP contribution in [0.15, 0.2) is 59.8 Å². The molecule has 0 bridgehead atoms. The fourth-order valence-electron chi connectivity index (χ4n) is 4.15. The van der Waals surface area contributed by atoms with E-state index in [0.717, 1.165) is 0 Å². The molecule has 1 fully saturated rings. The van der Waals surface area contributed by atoms with Gasteiger partial charge < -0.3 is 25.6 Å². The van der Waals surface area contributed by atoms with E-state index in [0.29, 0.717) is 18.4 Å². The van der Waals surface area contributed by atoms with Gasteiger partial charge in [0.1, 0.15) is 18.1 Å². The molecule has 0 radical (unpaired) electrons. The predicted octanol–water partition coefficient (Wildman–Crippen LogP) is 2.66. The van der Waals surface area contributed by atoms with E-state index < -0.39 is 35.8 Å². The molecule has 0 aliphatic heterocycles. The summed E-state index contributed by atoms with van der Waals surface area (Å²) in [4.78, 5) is 21.4. The minimum Gasteiger partial charge on any atom is -0.402 e. The van der Waals surface area contributed by atoms with Gasteiger partial charge in [-0.2, -0.15) is 0 Å². The molecule has 182 valence electrons. The molecular weight excluding hydrogens is 444 g/mol. The van der Waals surface area contributed by atoms with Crippen LogP contribution in [0, 0.1) is 23.1 Å². The van der Waals surface area contributed by atoms with Crippen LogP contribution < -0.4 is 5.73 Å². The third-order valence-electron chi connectivity index (χ3n) is 5.97. The molecule has 1 aromatic carbocycles. The van der Waals surface area contributed by atoms with Crippen molar-refractivity contribution >= 4 is 17.3 Å². The van der Waals surface area contributed by atoms with Crippen molar-refractivity contribution in [1.82, 2.24) is 9.55 Å². The zero-order chi connectivity index (χ0) is 24.7. The number of rotatable bonds is 9. The molecule has 2 aromatic rings. The topological polar surface area (TPSA) is 127 Å². The van der Waals surface area contributed by atoms with Crippen LogP contribution in [-0.2, 0) is 16.1 Å². The van der Waals surface area contributed by atoms with Gasteiger partial charge in [-0.15, -0.1) is 0 Å². The summed E-state index contributed by atoms with van der Waals surface area (Å²) in [6.07, 6.45) is 5.08. The normalized spacial score (nSPS) is 22.4. The molecule has 0 spiro atoms. The number of imidazole rings is 1. The molecule has 1 amide bonds. The van der Waals surface area contributed by atoms with Crippen molar-refractivity contribution in [3.05, 3.63) is 66.1 Å². The number of alkyl halides is 1. The van der Waals surface area contributed by atoms with Crippen molar-refractivity contribution in [1.29, 1.82) is 5.41 Å². The molecule has 1 saturated carbocycles. The van der Waals surface area contributed by atoms with E-state index in [1.165, 1.54) is 37.5 Å². The highest BCUT2D eigenvalue weighted by Crippen LogP contribution is 2.36. The third-order valence-corrected chi connectivity index (χ3v) is 5.97. The third kappa shape index (κ3) is 6.21. The molecule has 1 aliphatic rings. The van der Waals surface area contributed by atoms with Crippen LogP contribution in [-0.4, -0.2) is 58.0 Å². The van der Waals surface area contributed by atoms with E-state index >= 15 is 4.39 Å². The molecule has 10 heteroatoms. The van der Waals surface area contributed by atoms with Crippen molar-refractivity contribution in [3.63, 3.8) is 0 Å². The van der Waals surface area contributed by atoms with E-state index in [-0.39, 0.29) is 36.7 Å². The van der Waals surface area contributed by atoms with Crippen LogP contribution >= 0.6 is 0 Å². The zero-order valence-electron chi connectivity index (χ0n) is 18.9. The van der Waals surface area contributed by atoms with E-state index in [9.17, 15) is 14.3 Å². The summed E-state index contributed by atoms with van der Waals surface area (Å²) in [5.41, 5.74) is 6.98. The van der Waals surface area contributed by atoms with Gasteiger partial charge in [-0.25, -0.2) is 18.8 Å². The Balaban J connectivity index is 1.87. The number of allylic oxidation sites excluding steroid dienone is 2. The number of benzene rings is 1. The molecule has 4 N–H and O–H groups in total. The molecule has 3 rings (SSSR count). The second-order valence-electron chi connectivity index (χ2n) is 8.23. The fourth-order valence-corrected chi connectivity index (χ4v) is 4.15. The number of aliphatic imine (C=N–C) groups is 1. The van der Waals surface area contributed by atoms with Gasteiger partial charge in [0, 0.05) is 31.1 Å². The number of halogens is 2. The Morgan fingerprint density at radius 3 is 2.76 bits per heavy atom. The lowest BCUT2D eigenvalue weighted by atomic mass is 9.75. The lowest BCUT2D eigenvalue weighted by Gasteiger charge is -2.33. The van der Waals surface area contributed by atoms with Gasteiger partial charge in [0.15, 0.2) is 0 Å². The average molecular weight is 474 g/mol. The number of aliphatic hydroxyl groups is 1. The van der Waals surface area contributed by atoms with Gasteiger partial charge in [0.2, 0.25) is 5.91 Å². The van der Waals surface area contributed by atoms with E-state index in [2.05, 4.69) is 9.98 Å². The average Bonchev–Trinajstić information content (AvgIpc) is 3.33. The summed E-state index contributed by atoms with van der Waals surface area (Å²) in [5.74, 6) is -2.76. The smallest absolute Gasteiger partial charge is 0.249 e. The standard InChI is InChI=1S/C24H29F2N5O3/c1-34-22(13-32)21(12-31-10-9-29-14-31)30-24(33)17-3-2-4-18(26)23(17)20(28)11-19(27)15-5-7-16(25)8-6-15/h5-11,14,17-18,22-23,27,32H,2-4,12-13,28H2,1H3/t17?,18?,22-,23-/m1/s1. The van der Waals surface area contributed by atoms with E-state index in [1.54, 1.807) is 23.3 Å². The summed E-state index contributed by atoms with van der Waals surface area (Å²) in [6, 6.07) is 5.32. The summed E-state index contributed by atoms with van der Waals surface area (Å²) in [7, 11) is 1.40. The largest absolute Gasteiger partial charge is 0.402 e. The number of hydrogen-bond donors (Lipinski definition) is 3. The minimum atomic E-state index is -1.37. The highest BCUT2D eigenvalue weighted by molar-refractivity contribution is 6.07. The molecule has 1 aromatic heterocycles. The van der Waals surface area contributed by atoms with Gasteiger partial charge in [-0.05, 0) is 55.2 Å². The van der Waals surface area contributed by atoms with E-state index in [1.807, 2.05) is 0 Å². The number of amides is 1. The number of aromatic nitrogens is 2. The Morgan fingerprint density at radius 2 is 2.15 bits per heavy atom.